The number of benzene rings is 2. The highest BCUT2D eigenvalue weighted by Gasteiger charge is 2.31. The van der Waals surface area contributed by atoms with Gasteiger partial charge in [-0.3, -0.25) is 14.5 Å². The van der Waals surface area contributed by atoms with Gasteiger partial charge in [0.1, 0.15) is 0 Å². The Hall–Kier alpha value is -2.57. The second kappa shape index (κ2) is 10.6. The molecule has 2 aliphatic rings. The summed E-state index contributed by atoms with van der Waals surface area (Å²) >= 11 is 5.99. The largest absolute Gasteiger partial charge is 0.368 e. The summed E-state index contributed by atoms with van der Waals surface area (Å²) in [5, 5.41) is 3.73. The van der Waals surface area contributed by atoms with Crippen LogP contribution in [0.5, 0.6) is 0 Å². The average Bonchev–Trinajstić information content (AvgIpc) is 2.82. The summed E-state index contributed by atoms with van der Waals surface area (Å²) in [6.45, 7) is 9.21. The van der Waals surface area contributed by atoms with Gasteiger partial charge in [0.05, 0.1) is 6.54 Å². The number of hydrogen-bond acceptors (Lipinski definition) is 4. The van der Waals surface area contributed by atoms with Crippen molar-refractivity contribution >= 4 is 34.8 Å². The van der Waals surface area contributed by atoms with Gasteiger partial charge >= 0.3 is 0 Å². The van der Waals surface area contributed by atoms with Gasteiger partial charge in [0.2, 0.25) is 11.8 Å². The third-order valence-corrected chi connectivity index (χ3v) is 7.13. The summed E-state index contributed by atoms with van der Waals surface area (Å²) in [4.78, 5) is 32.0. The van der Waals surface area contributed by atoms with E-state index < -0.39 is 0 Å². The number of piperazine rings is 1. The van der Waals surface area contributed by atoms with Crippen LogP contribution < -0.4 is 10.2 Å². The number of piperidine rings is 1. The van der Waals surface area contributed by atoms with Crippen LogP contribution in [0.3, 0.4) is 0 Å². The zero-order chi connectivity index (χ0) is 23.4. The Labute approximate surface area is 201 Å². The Bertz CT molecular complexity index is 978. The lowest BCUT2D eigenvalue weighted by Crippen LogP contribution is -2.52. The van der Waals surface area contributed by atoms with Crippen molar-refractivity contribution in [2.24, 2.45) is 5.92 Å². The van der Waals surface area contributed by atoms with Gasteiger partial charge in [-0.15, -0.1) is 0 Å². The van der Waals surface area contributed by atoms with Gasteiger partial charge in [0, 0.05) is 48.5 Å². The summed E-state index contributed by atoms with van der Waals surface area (Å²) in [5.74, 6) is 0.331. The van der Waals surface area contributed by atoms with Crippen molar-refractivity contribution < 1.29 is 9.59 Å². The van der Waals surface area contributed by atoms with Crippen molar-refractivity contribution in [2.75, 3.05) is 56.0 Å². The lowest BCUT2D eigenvalue weighted by Gasteiger charge is -2.39. The predicted octanol–water partition coefficient (Wildman–Crippen LogP) is 3.96. The number of anilines is 2. The molecule has 0 spiro atoms. The number of halogens is 1. The van der Waals surface area contributed by atoms with Crippen molar-refractivity contribution in [3.63, 3.8) is 0 Å². The molecular formula is C26H33ClN4O2. The standard InChI is InChI=1S/C26H33ClN4O2/c1-19-3-6-23(17-20(19)2)28-25(32)18-29-11-9-21(10-12-29)26(33)31-15-13-30(14-16-31)24-7-4-22(27)5-8-24/h3-8,17,21H,9-16,18H2,1-2H3,(H,28,32). The van der Waals surface area contributed by atoms with Crippen molar-refractivity contribution in [1.29, 1.82) is 0 Å². The molecule has 0 aliphatic carbocycles. The highest BCUT2D eigenvalue weighted by Crippen LogP contribution is 2.23. The summed E-state index contributed by atoms with van der Waals surface area (Å²) < 4.78 is 0. The fourth-order valence-corrected chi connectivity index (χ4v) is 4.78. The molecule has 2 aliphatic heterocycles. The third kappa shape index (κ3) is 6.06. The molecule has 6 nitrogen and oxygen atoms in total. The van der Waals surface area contributed by atoms with Crippen molar-refractivity contribution in [3.05, 3.63) is 58.6 Å². The quantitative estimate of drug-likeness (QED) is 0.721. The van der Waals surface area contributed by atoms with Gasteiger partial charge < -0.3 is 15.1 Å². The van der Waals surface area contributed by atoms with E-state index in [4.69, 9.17) is 11.6 Å². The molecule has 176 valence electrons. The Morgan fingerprint density at radius 2 is 1.58 bits per heavy atom. The second-order valence-corrected chi connectivity index (χ2v) is 9.62. The van der Waals surface area contributed by atoms with Gasteiger partial charge in [0.15, 0.2) is 0 Å². The molecule has 2 saturated heterocycles. The molecule has 7 heteroatoms. The normalized spacial score (nSPS) is 17.8. The minimum Gasteiger partial charge on any atom is -0.368 e. The number of hydrogen-bond donors (Lipinski definition) is 1. The van der Waals surface area contributed by atoms with E-state index in [1.54, 1.807) is 0 Å². The van der Waals surface area contributed by atoms with E-state index in [2.05, 4.69) is 22.0 Å². The zero-order valence-corrected chi connectivity index (χ0v) is 20.3. The molecule has 0 bridgehead atoms. The second-order valence-electron chi connectivity index (χ2n) is 9.19. The van der Waals surface area contributed by atoms with Gasteiger partial charge in [-0.25, -0.2) is 0 Å². The minimum atomic E-state index is 0.00125. The van der Waals surface area contributed by atoms with Crippen molar-refractivity contribution in [3.8, 4) is 0 Å². The number of nitrogens with zero attached hydrogens (tertiary/aromatic N) is 3. The Kier molecular flexibility index (Phi) is 7.56. The van der Waals surface area contributed by atoms with E-state index in [9.17, 15) is 9.59 Å². The van der Waals surface area contributed by atoms with Crippen LogP contribution in [0.25, 0.3) is 0 Å². The first-order valence-corrected chi connectivity index (χ1v) is 12.2. The summed E-state index contributed by atoms with van der Waals surface area (Å²) in [5.41, 5.74) is 4.37. The molecular weight excluding hydrogens is 436 g/mol. The first-order valence-electron chi connectivity index (χ1n) is 11.8. The highest BCUT2D eigenvalue weighted by molar-refractivity contribution is 6.30. The van der Waals surface area contributed by atoms with Crippen molar-refractivity contribution in [2.45, 2.75) is 26.7 Å². The van der Waals surface area contributed by atoms with E-state index >= 15 is 0 Å². The van der Waals surface area contributed by atoms with Crippen LogP contribution >= 0.6 is 11.6 Å². The Balaban J connectivity index is 1.20. The minimum absolute atomic E-state index is 0.00125. The van der Waals surface area contributed by atoms with E-state index in [1.807, 2.05) is 54.3 Å². The number of amides is 2. The smallest absolute Gasteiger partial charge is 0.238 e. The molecule has 0 radical (unpaired) electrons. The van der Waals surface area contributed by atoms with E-state index in [-0.39, 0.29) is 17.7 Å². The lowest BCUT2D eigenvalue weighted by molar-refractivity contribution is -0.137. The summed E-state index contributed by atoms with van der Waals surface area (Å²) in [6, 6.07) is 13.9. The number of aryl methyl sites for hydroxylation is 2. The number of rotatable bonds is 5. The fourth-order valence-electron chi connectivity index (χ4n) is 4.66. The maximum atomic E-state index is 13.1. The van der Waals surface area contributed by atoms with Crippen LogP contribution in [-0.2, 0) is 9.59 Å². The number of nitrogens with one attached hydrogen (secondary N) is 1. The molecule has 2 aromatic carbocycles. The SMILES string of the molecule is Cc1ccc(NC(=O)CN2CCC(C(=O)N3CCN(c4ccc(Cl)cc4)CC3)CC2)cc1C. The van der Waals surface area contributed by atoms with Gasteiger partial charge in [0.25, 0.3) is 0 Å². The molecule has 0 aromatic heterocycles. The van der Waals surface area contributed by atoms with Crippen LogP contribution in [0.15, 0.2) is 42.5 Å². The molecule has 33 heavy (non-hydrogen) atoms. The topological polar surface area (TPSA) is 55.9 Å². The molecule has 4 rings (SSSR count). The molecule has 0 atom stereocenters. The van der Waals surface area contributed by atoms with Gasteiger partial charge in [-0.05, 0) is 87.3 Å². The maximum Gasteiger partial charge on any atom is 0.238 e. The Morgan fingerprint density at radius 1 is 0.909 bits per heavy atom. The van der Waals surface area contributed by atoms with Crippen LogP contribution in [0.2, 0.25) is 5.02 Å². The molecule has 2 fully saturated rings. The molecule has 2 amide bonds. The van der Waals surface area contributed by atoms with Crippen LogP contribution in [0.1, 0.15) is 24.0 Å². The van der Waals surface area contributed by atoms with Gasteiger partial charge in [-0.1, -0.05) is 17.7 Å². The lowest BCUT2D eigenvalue weighted by atomic mass is 9.95. The number of likely N-dealkylation sites (tertiary alicyclic amines) is 1. The first-order chi connectivity index (χ1) is 15.9. The maximum absolute atomic E-state index is 13.1. The first kappa shape index (κ1) is 23.6. The number of carbonyl (C=O) groups excluding carboxylic acids is 2. The highest BCUT2D eigenvalue weighted by atomic mass is 35.5. The van der Waals surface area contributed by atoms with Gasteiger partial charge in [-0.2, -0.15) is 0 Å². The summed E-state index contributed by atoms with van der Waals surface area (Å²) in [7, 11) is 0. The van der Waals surface area contributed by atoms with Crippen molar-refractivity contribution in [1.82, 2.24) is 9.80 Å². The molecule has 0 unspecified atom stereocenters. The van der Waals surface area contributed by atoms with E-state index in [1.165, 1.54) is 11.1 Å². The molecule has 0 saturated carbocycles. The monoisotopic (exact) mass is 468 g/mol. The summed E-state index contributed by atoms with van der Waals surface area (Å²) in [6.07, 6.45) is 1.63. The van der Waals surface area contributed by atoms with E-state index in [0.29, 0.717) is 6.54 Å². The Morgan fingerprint density at radius 3 is 2.21 bits per heavy atom. The van der Waals surface area contributed by atoms with Crippen LogP contribution in [0.4, 0.5) is 11.4 Å². The fraction of sp³-hybridized carbons (Fsp3) is 0.462. The zero-order valence-electron chi connectivity index (χ0n) is 19.5. The molecule has 2 aromatic rings. The van der Waals surface area contributed by atoms with Crippen LogP contribution in [0, 0.1) is 19.8 Å². The third-order valence-electron chi connectivity index (χ3n) is 6.88. The average molecular weight is 469 g/mol. The van der Waals surface area contributed by atoms with E-state index in [0.717, 1.165) is 68.5 Å². The predicted molar refractivity (Wildman–Crippen MR) is 134 cm³/mol. The number of carbonyl (C=O) groups is 2. The molecule has 2 heterocycles. The molecule has 1 N–H and O–H groups in total. The van der Waals surface area contributed by atoms with Crippen LogP contribution in [-0.4, -0.2) is 67.4 Å².